The van der Waals surface area contributed by atoms with Crippen LogP contribution < -0.4 is 9.80 Å². The first kappa shape index (κ1) is 28.0. The highest BCUT2D eigenvalue weighted by molar-refractivity contribution is 8.03. The van der Waals surface area contributed by atoms with Crippen LogP contribution in [0.4, 0.5) is 17.2 Å². The lowest BCUT2D eigenvalue weighted by molar-refractivity contribution is 1.03. The molecule has 0 radical (unpaired) electrons. The number of hydrogen-bond acceptors (Lipinski definition) is 5. The van der Waals surface area contributed by atoms with Crippen LogP contribution in [0.5, 0.6) is 0 Å². The van der Waals surface area contributed by atoms with Crippen LogP contribution in [0.25, 0.3) is 0 Å². The predicted octanol–water partition coefficient (Wildman–Crippen LogP) is 10.4. The lowest BCUT2D eigenvalue weighted by atomic mass is 10.1. The van der Waals surface area contributed by atoms with Crippen molar-refractivity contribution in [2.45, 2.75) is 29.6 Å². The highest BCUT2D eigenvalue weighted by atomic mass is 32.2. The fraction of sp³-hybridized carbons (Fsp3) is 0.108. The van der Waals surface area contributed by atoms with Gasteiger partial charge in [0.2, 0.25) is 0 Å². The highest BCUT2D eigenvalue weighted by Gasteiger charge is 2.27. The van der Waals surface area contributed by atoms with Gasteiger partial charge in [-0.05, 0) is 91.1 Å². The summed E-state index contributed by atoms with van der Waals surface area (Å²) in [5, 5.41) is 1.17. The van der Waals surface area contributed by atoms with Crippen LogP contribution in [-0.4, -0.2) is 12.0 Å². The molecule has 2 aliphatic rings. The second-order valence-corrected chi connectivity index (χ2v) is 12.5. The Morgan fingerprint density at radius 2 is 1.57 bits per heavy atom. The highest BCUT2D eigenvalue weighted by Crippen LogP contribution is 2.45. The first-order valence-electron chi connectivity index (χ1n) is 14.1. The Hall–Kier alpha value is -4.19. The third-order valence-corrected chi connectivity index (χ3v) is 9.60. The van der Waals surface area contributed by atoms with E-state index in [1.807, 2.05) is 12.3 Å². The molecule has 0 atom stereocenters. The second-order valence-electron chi connectivity index (χ2n) is 10.2. The van der Waals surface area contributed by atoms with Gasteiger partial charge in [0, 0.05) is 34.4 Å². The van der Waals surface area contributed by atoms with Gasteiger partial charge in [-0.1, -0.05) is 96.9 Å². The molecule has 0 spiro atoms. The molecule has 0 N–H and O–H groups in total. The van der Waals surface area contributed by atoms with Gasteiger partial charge in [0.05, 0.1) is 15.6 Å². The number of fused-ring (bicyclic) bond motifs is 1. The lowest BCUT2D eigenvalue weighted by Crippen LogP contribution is -2.17. The first-order chi connectivity index (χ1) is 20.6. The number of nitrogens with zero attached hydrogens (tertiary/aromatic N) is 3. The Morgan fingerprint density at radius 3 is 2.26 bits per heavy atom. The molecular weight excluding hydrogens is 551 g/mol. The van der Waals surface area contributed by atoms with Gasteiger partial charge in [-0.15, -0.1) is 0 Å². The van der Waals surface area contributed by atoms with Gasteiger partial charge < -0.3 is 9.80 Å². The van der Waals surface area contributed by atoms with E-state index in [1.54, 1.807) is 23.5 Å². The Morgan fingerprint density at radius 1 is 0.881 bits per heavy atom. The predicted molar refractivity (Wildman–Crippen MR) is 181 cm³/mol. The van der Waals surface area contributed by atoms with Crippen LogP contribution in [-0.2, 0) is 0 Å². The van der Waals surface area contributed by atoms with Crippen molar-refractivity contribution in [1.82, 2.24) is 4.98 Å². The lowest BCUT2D eigenvalue weighted by Gasteiger charge is -2.28. The van der Waals surface area contributed by atoms with E-state index < -0.39 is 0 Å². The molecule has 0 unspecified atom stereocenters. The van der Waals surface area contributed by atoms with Gasteiger partial charge in [-0.2, -0.15) is 0 Å². The zero-order chi connectivity index (χ0) is 28.9. The number of allylic oxidation sites excluding steroid dienone is 6. The summed E-state index contributed by atoms with van der Waals surface area (Å²) in [7, 11) is 2.09. The molecular formula is C37H33N3S2. The van der Waals surface area contributed by atoms with Gasteiger partial charge in [-0.3, -0.25) is 0 Å². The number of benzene rings is 3. The fourth-order valence-electron chi connectivity index (χ4n) is 5.24. The standard InChI is InChI=1S/C37H33N3S2/c1-27-13-10-11-18-33(27)41-28(2)20-21-29-22-23-30(24-25-35-39(3)37-34(42-35)19-12-26-38-37)36(29)40(31-14-6-4-7-15-31)32-16-8-5-9-17-32/h4-21,24-26H,2,22-23H2,1,3H3/b21-20+,30-24+,35-25-. The molecule has 0 amide bonds. The van der Waals surface area contributed by atoms with Crippen LogP contribution in [0, 0.1) is 6.92 Å². The largest absolute Gasteiger partial charge is 0.323 e. The summed E-state index contributed by atoms with van der Waals surface area (Å²) in [6.07, 6.45) is 12.8. The summed E-state index contributed by atoms with van der Waals surface area (Å²) in [6.45, 7) is 6.52. The minimum absolute atomic E-state index is 0.962. The zero-order valence-corrected chi connectivity index (χ0v) is 25.5. The van der Waals surface area contributed by atoms with E-state index in [4.69, 9.17) is 0 Å². The summed E-state index contributed by atoms with van der Waals surface area (Å²) >= 11 is 3.49. The van der Waals surface area contributed by atoms with Gasteiger partial charge >= 0.3 is 0 Å². The average Bonchev–Trinajstić information content (AvgIpc) is 3.57. The van der Waals surface area contributed by atoms with Crippen LogP contribution in [0.3, 0.4) is 0 Å². The zero-order valence-electron chi connectivity index (χ0n) is 23.9. The van der Waals surface area contributed by atoms with Crippen molar-refractivity contribution >= 4 is 40.7 Å². The number of para-hydroxylation sites is 2. The Labute approximate surface area is 257 Å². The maximum absolute atomic E-state index is 4.59. The smallest absolute Gasteiger partial charge is 0.147 e. The molecule has 2 heterocycles. The minimum Gasteiger partial charge on any atom is -0.323 e. The van der Waals surface area contributed by atoms with Crippen molar-refractivity contribution in [3.05, 3.63) is 166 Å². The molecule has 208 valence electrons. The molecule has 6 rings (SSSR count). The number of aromatic nitrogens is 1. The fourth-order valence-corrected chi connectivity index (χ4v) is 7.05. The molecule has 42 heavy (non-hydrogen) atoms. The van der Waals surface area contributed by atoms with Crippen LogP contribution in [0.2, 0.25) is 0 Å². The number of rotatable bonds is 8. The molecule has 0 saturated carbocycles. The monoisotopic (exact) mass is 583 g/mol. The van der Waals surface area contributed by atoms with Crippen molar-refractivity contribution in [2.24, 2.45) is 0 Å². The van der Waals surface area contributed by atoms with E-state index in [0.717, 1.165) is 34.9 Å². The number of hydrogen-bond donors (Lipinski definition) is 0. The summed E-state index contributed by atoms with van der Waals surface area (Å²) in [4.78, 5) is 12.6. The van der Waals surface area contributed by atoms with Crippen molar-refractivity contribution in [3.8, 4) is 0 Å². The van der Waals surface area contributed by atoms with Gasteiger partial charge in [-0.25, -0.2) is 4.98 Å². The number of thioether (sulfide) groups is 2. The summed E-state index contributed by atoms with van der Waals surface area (Å²) in [5.74, 6) is 1.01. The second kappa shape index (κ2) is 12.8. The van der Waals surface area contributed by atoms with Gasteiger partial charge in [0.25, 0.3) is 0 Å². The van der Waals surface area contributed by atoms with Crippen molar-refractivity contribution in [1.29, 1.82) is 0 Å². The Balaban J connectivity index is 1.40. The number of pyridine rings is 1. The van der Waals surface area contributed by atoms with Gasteiger partial charge in [0.15, 0.2) is 0 Å². The molecule has 1 aromatic heterocycles. The molecule has 0 fully saturated rings. The van der Waals surface area contributed by atoms with E-state index in [-0.39, 0.29) is 0 Å². The molecule has 0 bridgehead atoms. The van der Waals surface area contributed by atoms with E-state index in [2.05, 4.69) is 151 Å². The van der Waals surface area contributed by atoms with Crippen molar-refractivity contribution in [2.75, 3.05) is 16.8 Å². The topological polar surface area (TPSA) is 19.4 Å². The third-order valence-electron chi connectivity index (χ3n) is 7.37. The van der Waals surface area contributed by atoms with Crippen molar-refractivity contribution in [3.63, 3.8) is 0 Å². The first-order valence-corrected chi connectivity index (χ1v) is 15.7. The minimum atomic E-state index is 0.962. The molecule has 3 aromatic carbocycles. The maximum atomic E-state index is 4.59. The summed E-state index contributed by atoms with van der Waals surface area (Å²) in [5.41, 5.74) is 7.39. The quantitative estimate of drug-likeness (QED) is 0.151. The Kier molecular flexibility index (Phi) is 8.50. The SMILES string of the molecule is C=C(/C=C/C1=C(N(c2ccccc2)c2ccccc2)C(=C/C=C2\Sc3cccnc3N2C)/CC1)Sc1ccccc1C. The van der Waals surface area contributed by atoms with Gasteiger partial charge in [0.1, 0.15) is 5.82 Å². The molecule has 1 aliphatic heterocycles. The van der Waals surface area contributed by atoms with E-state index >= 15 is 0 Å². The van der Waals surface area contributed by atoms with Crippen LogP contribution in [0.1, 0.15) is 18.4 Å². The third kappa shape index (κ3) is 6.03. The maximum Gasteiger partial charge on any atom is 0.147 e. The molecule has 0 saturated heterocycles. The molecule has 3 nitrogen and oxygen atoms in total. The molecule has 4 aromatic rings. The number of aryl methyl sites for hydroxylation is 1. The summed E-state index contributed by atoms with van der Waals surface area (Å²) < 4.78 is 0. The van der Waals surface area contributed by atoms with E-state index in [9.17, 15) is 0 Å². The van der Waals surface area contributed by atoms with Crippen LogP contribution in [0.15, 0.2) is 171 Å². The Bertz CT molecular complexity index is 1680. The van der Waals surface area contributed by atoms with E-state index in [1.165, 1.54) is 37.2 Å². The van der Waals surface area contributed by atoms with Crippen molar-refractivity contribution < 1.29 is 0 Å². The molecule has 5 heteroatoms. The summed E-state index contributed by atoms with van der Waals surface area (Å²) in [6, 6.07) is 33.9. The average molecular weight is 584 g/mol. The van der Waals surface area contributed by atoms with Crippen LogP contribution >= 0.6 is 23.5 Å². The normalized spacial score (nSPS) is 16.6. The number of anilines is 3. The molecule has 1 aliphatic carbocycles. The van der Waals surface area contributed by atoms with E-state index in [0.29, 0.717) is 0 Å².